The lowest BCUT2D eigenvalue weighted by Crippen LogP contribution is -2.32. The normalized spacial score (nSPS) is 17.4. The minimum absolute atomic E-state index is 0. The van der Waals surface area contributed by atoms with Crippen molar-refractivity contribution >= 4 is 29.9 Å². The molecule has 1 aromatic rings. The first-order chi connectivity index (χ1) is 7.81. The Hall–Kier alpha value is -1.04. The van der Waals surface area contributed by atoms with Crippen molar-refractivity contribution in [2.75, 3.05) is 13.1 Å². The number of halogens is 1. The first-order valence-corrected chi connectivity index (χ1v) is 5.53. The lowest BCUT2D eigenvalue weighted by molar-refractivity contribution is 0.617. The monoisotopic (exact) mass is 343 g/mol. The van der Waals surface area contributed by atoms with Gasteiger partial charge in [-0.05, 0) is 17.5 Å². The minimum atomic E-state index is 0. The van der Waals surface area contributed by atoms with E-state index in [-0.39, 0.29) is 24.0 Å². The molecule has 3 N–H and O–H groups in total. The number of benzene rings is 1. The topological polar surface area (TPSA) is 50.4 Å². The van der Waals surface area contributed by atoms with Crippen LogP contribution in [0.5, 0.6) is 0 Å². The van der Waals surface area contributed by atoms with Gasteiger partial charge < -0.3 is 11.1 Å². The van der Waals surface area contributed by atoms with Crippen molar-refractivity contribution in [3.63, 3.8) is 0 Å². The van der Waals surface area contributed by atoms with E-state index >= 15 is 0 Å². The molecule has 1 aliphatic rings. The van der Waals surface area contributed by atoms with Gasteiger partial charge in [-0.3, -0.25) is 4.99 Å². The van der Waals surface area contributed by atoms with Crippen LogP contribution in [0.2, 0.25) is 0 Å². The number of guanidine groups is 1. The Bertz CT molecular complexity index is 415. The highest BCUT2D eigenvalue weighted by Crippen LogP contribution is 2.34. The third kappa shape index (κ3) is 3.46. The number of nitrogens with zero attached hydrogens (tertiary/aromatic N) is 1. The summed E-state index contributed by atoms with van der Waals surface area (Å²) >= 11 is 0. The van der Waals surface area contributed by atoms with Crippen LogP contribution in [0.3, 0.4) is 0 Å². The number of rotatable bonds is 4. The second kappa shape index (κ2) is 6.64. The molecule has 0 heterocycles. The van der Waals surface area contributed by atoms with Gasteiger partial charge in [0.2, 0.25) is 0 Å². The van der Waals surface area contributed by atoms with Crippen molar-refractivity contribution in [2.45, 2.75) is 12.3 Å². The standard InChI is InChI=1S/C13H17N3.HI/c1-2-7-15-13(14)16-9-11-8-10-5-3-4-6-12(10)11;/h2-6,11H,1,7-9H2,(H3,14,15,16);1H. The van der Waals surface area contributed by atoms with Gasteiger partial charge in [0.1, 0.15) is 0 Å². The molecule has 0 amide bonds. The summed E-state index contributed by atoms with van der Waals surface area (Å²) in [6.45, 7) is 5.05. The fourth-order valence-corrected chi connectivity index (χ4v) is 1.97. The molecule has 0 fully saturated rings. The van der Waals surface area contributed by atoms with Crippen LogP contribution in [0.15, 0.2) is 41.9 Å². The molecule has 0 saturated heterocycles. The first kappa shape index (κ1) is 14.0. The van der Waals surface area contributed by atoms with E-state index in [0.717, 1.165) is 13.0 Å². The van der Waals surface area contributed by atoms with Gasteiger partial charge in [0.15, 0.2) is 5.96 Å². The van der Waals surface area contributed by atoms with Crippen LogP contribution < -0.4 is 11.1 Å². The summed E-state index contributed by atoms with van der Waals surface area (Å²) in [5, 5.41) is 2.97. The van der Waals surface area contributed by atoms with Crippen LogP contribution in [-0.2, 0) is 6.42 Å². The molecule has 1 aliphatic carbocycles. The Balaban J connectivity index is 0.00000144. The molecular formula is C13H18IN3. The average Bonchev–Trinajstić information content (AvgIpc) is 2.27. The van der Waals surface area contributed by atoms with Crippen LogP contribution in [0.4, 0.5) is 0 Å². The molecule has 0 radical (unpaired) electrons. The number of aliphatic imine (C=N–C) groups is 1. The van der Waals surface area contributed by atoms with Crippen molar-refractivity contribution in [3.8, 4) is 0 Å². The van der Waals surface area contributed by atoms with Gasteiger partial charge in [-0.1, -0.05) is 30.3 Å². The van der Waals surface area contributed by atoms with Crippen molar-refractivity contribution in [1.82, 2.24) is 5.32 Å². The van der Waals surface area contributed by atoms with Gasteiger partial charge in [-0.15, -0.1) is 30.6 Å². The predicted molar refractivity (Wildman–Crippen MR) is 83.0 cm³/mol. The van der Waals surface area contributed by atoms with Gasteiger partial charge in [0.05, 0.1) is 0 Å². The van der Waals surface area contributed by atoms with Gasteiger partial charge in [-0.2, -0.15) is 0 Å². The van der Waals surface area contributed by atoms with E-state index in [4.69, 9.17) is 5.73 Å². The third-order valence-corrected chi connectivity index (χ3v) is 2.87. The molecule has 1 aromatic carbocycles. The van der Waals surface area contributed by atoms with Gasteiger partial charge in [0.25, 0.3) is 0 Å². The zero-order chi connectivity index (χ0) is 11.4. The van der Waals surface area contributed by atoms with Gasteiger partial charge in [0, 0.05) is 19.0 Å². The number of nitrogens with two attached hydrogens (primary N) is 1. The van der Waals surface area contributed by atoms with Crippen molar-refractivity contribution in [1.29, 1.82) is 0 Å². The van der Waals surface area contributed by atoms with Crippen molar-refractivity contribution in [3.05, 3.63) is 48.0 Å². The van der Waals surface area contributed by atoms with E-state index in [9.17, 15) is 0 Å². The second-order valence-electron chi connectivity index (χ2n) is 4.00. The van der Waals surface area contributed by atoms with E-state index in [1.54, 1.807) is 6.08 Å². The van der Waals surface area contributed by atoms with Gasteiger partial charge in [-0.25, -0.2) is 0 Å². The fourth-order valence-electron chi connectivity index (χ4n) is 1.97. The third-order valence-electron chi connectivity index (χ3n) is 2.87. The molecule has 0 aliphatic heterocycles. The molecule has 1 unspecified atom stereocenters. The summed E-state index contributed by atoms with van der Waals surface area (Å²) in [5.74, 6) is 1.05. The number of hydrogen-bond donors (Lipinski definition) is 2. The quantitative estimate of drug-likeness (QED) is 0.380. The number of nitrogens with one attached hydrogen (secondary N) is 1. The molecular weight excluding hydrogens is 325 g/mol. The van der Waals surface area contributed by atoms with Crippen LogP contribution in [-0.4, -0.2) is 19.0 Å². The van der Waals surface area contributed by atoms with Crippen LogP contribution in [0.25, 0.3) is 0 Å². The second-order valence-corrected chi connectivity index (χ2v) is 4.00. The lowest BCUT2D eigenvalue weighted by Gasteiger charge is -2.28. The van der Waals surface area contributed by atoms with Crippen LogP contribution in [0, 0.1) is 0 Å². The van der Waals surface area contributed by atoms with Crippen molar-refractivity contribution in [2.24, 2.45) is 10.7 Å². The molecule has 1 atom stereocenters. The summed E-state index contributed by atoms with van der Waals surface area (Å²) in [7, 11) is 0. The Morgan fingerprint density at radius 1 is 1.53 bits per heavy atom. The summed E-state index contributed by atoms with van der Waals surface area (Å²) in [4.78, 5) is 4.32. The van der Waals surface area contributed by atoms with E-state index in [0.29, 0.717) is 18.4 Å². The molecule has 4 heteroatoms. The molecule has 92 valence electrons. The first-order valence-electron chi connectivity index (χ1n) is 5.53. The molecule has 0 spiro atoms. The summed E-state index contributed by atoms with van der Waals surface area (Å²) in [5.41, 5.74) is 8.56. The lowest BCUT2D eigenvalue weighted by atomic mass is 9.78. The Kier molecular flexibility index (Phi) is 5.47. The molecule has 0 aromatic heterocycles. The van der Waals surface area contributed by atoms with Crippen LogP contribution in [0.1, 0.15) is 17.0 Å². The summed E-state index contributed by atoms with van der Waals surface area (Å²) in [6, 6.07) is 8.51. The number of fused-ring (bicyclic) bond motifs is 1. The van der Waals surface area contributed by atoms with Crippen LogP contribution >= 0.6 is 24.0 Å². The molecule has 0 saturated carbocycles. The average molecular weight is 343 g/mol. The predicted octanol–water partition coefficient (Wildman–Crippen LogP) is 2.03. The van der Waals surface area contributed by atoms with Crippen molar-refractivity contribution < 1.29 is 0 Å². The highest BCUT2D eigenvalue weighted by Gasteiger charge is 2.24. The SMILES string of the molecule is C=CCNC(N)=NCC1Cc2ccccc21.I. The summed E-state index contributed by atoms with van der Waals surface area (Å²) < 4.78 is 0. The molecule has 0 bridgehead atoms. The maximum atomic E-state index is 5.70. The summed E-state index contributed by atoms with van der Waals surface area (Å²) in [6.07, 6.45) is 2.88. The Labute approximate surface area is 119 Å². The minimum Gasteiger partial charge on any atom is -0.370 e. The molecule has 2 rings (SSSR count). The Morgan fingerprint density at radius 3 is 3.00 bits per heavy atom. The molecule has 3 nitrogen and oxygen atoms in total. The number of hydrogen-bond acceptors (Lipinski definition) is 1. The van der Waals surface area contributed by atoms with E-state index < -0.39 is 0 Å². The highest BCUT2D eigenvalue weighted by atomic mass is 127. The highest BCUT2D eigenvalue weighted by molar-refractivity contribution is 14.0. The maximum Gasteiger partial charge on any atom is 0.188 e. The van der Waals surface area contributed by atoms with Gasteiger partial charge >= 0.3 is 0 Å². The zero-order valence-electron chi connectivity index (χ0n) is 9.73. The zero-order valence-corrected chi connectivity index (χ0v) is 12.1. The fraction of sp³-hybridized carbons (Fsp3) is 0.308. The smallest absolute Gasteiger partial charge is 0.188 e. The molecule has 17 heavy (non-hydrogen) atoms. The largest absolute Gasteiger partial charge is 0.370 e. The van der Waals surface area contributed by atoms with E-state index in [1.165, 1.54) is 11.1 Å². The Morgan fingerprint density at radius 2 is 2.29 bits per heavy atom. The van der Waals surface area contributed by atoms with E-state index in [2.05, 4.69) is 41.2 Å². The van der Waals surface area contributed by atoms with E-state index in [1.807, 2.05) is 0 Å². The maximum absolute atomic E-state index is 5.70.